The summed E-state index contributed by atoms with van der Waals surface area (Å²) in [5.41, 5.74) is 3.40. The quantitative estimate of drug-likeness (QED) is 0.419. The zero-order valence-corrected chi connectivity index (χ0v) is 19.3. The van der Waals surface area contributed by atoms with Crippen LogP contribution in [0.4, 0.5) is 0 Å². The summed E-state index contributed by atoms with van der Waals surface area (Å²) in [5, 5.41) is 1.59. The normalized spacial score (nSPS) is 12.4. The molecule has 7 nitrogen and oxygen atoms in total. The molecule has 4 rings (SSSR count). The second kappa shape index (κ2) is 8.16. The molecule has 0 aliphatic rings. The van der Waals surface area contributed by atoms with Crippen LogP contribution in [0.3, 0.4) is 0 Å². The predicted molar refractivity (Wildman–Crippen MR) is 125 cm³/mol. The average molecular weight is 461 g/mol. The number of halogens is 1. The SMILES string of the molecule is CC(C)n1c(=O)n(Cc2cc3cc(Cl)ccc3n2CCCS(C)(=O)=O)c2cnccc21. The molecule has 0 N–H and O–H groups in total. The molecule has 0 aliphatic heterocycles. The highest BCUT2D eigenvalue weighted by molar-refractivity contribution is 7.90. The lowest BCUT2D eigenvalue weighted by molar-refractivity contribution is 0.565. The summed E-state index contributed by atoms with van der Waals surface area (Å²) in [5.74, 6) is 0.107. The summed E-state index contributed by atoms with van der Waals surface area (Å²) in [6.45, 7) is 4.85. The van der Waals surface area contributed by atoms with Crippen molar-refractivity contribution in [2.75, 3.05) is 12.0 Å². The molecule has 0 unspecified atom stereocenters. The second-order valence-electron chi connectivity index (χ2n) is 8.17. The molecule has 31 heavy (non-hydrogen) atoms. The number of rotatable bonds is 7. The Labute approximate surface area is 185 Å². The number of benzene rings is 1. The van der Waals surface area contributed by atoms with Crippen molar-refractivity contribution < 1.29 is 8.42 Å². The highest BCUT2D eigenvalue weighted by Crippen LogP contribution is 2.26. The van der Waals surface area contributed by atoms with Crippen LogP contribution in [0.5, 0.6) is 0 Å². The highest BCUT2D eigenvalue weighted by Gasteiger charge is 2.18. The zero-order valence-electron chi connectivity index (χ0n) is 17.7. The number of hydrogen-bond acceptors (Lipinski definition) is 4. The Balaban J connectivity index is 1.83. The van der Waals surface area contributed by atoms with E-state index in [1.54, 1.807) is 21.5 Å². The van der Waals surface area contributed by atoms with Crippen LogP contribution in [-0.2, 0) is 22.9 Å². The summed E-state index contributed by atoms with van der Waals surface area (Å²) in [6, 6.07) is 9.52. The van der Waals surface area contributed by atoms with Gasteiger partial charge in [-0.05, 0) is 50.6 Å². The summed E-state index contributed by atoms with van der Waals surface area (Å²) < 4.78 is 28.8. The van der Waals surface area contributed by atoms with Crippen LogP contribution in [0.2, 0.25) is 5.02 Å². The van der Waals surface area contributed by atoms with Gasteiger partial charge in [-0.25, -0.2) is 13.2 Å². The van der Waals surface area contributed by atoms with Crippen LogP contribution >= 0.6 is 11.6 Å². The first-order valence-electron chi connectivity index (χ1n) is 10.2. The Morgan fingerprint density at radius 1 is 1.06 bits per heavy atom. The molecule has 3 aromatic heterocycles. The largest absolute Gasteiger partial charge is 0.343 e. The van der Waals surface area contributed by atoms with Crippen LogP contribution in [0, 0.1) is 0 Å². The van der Waals surface area contributed by atoms with E-state index in [0.717, 1.165) is 27.6 Å². The van der Waals surface area contributed by atoms with Crippen LogP contribution in [0.1, 0.15) is 32.0 Å². The van der Waals surface area contributed by atoms with Crippen LogP contribution in [-0.4, -0.2) is 39.1 Å². The van der Waals surface area contributed by atoms with Gasteiger partial charge in [-0.2, -0.15) is 0 Å². The number of nitrogens with zero attached hydrogens (tertiary/aromatic N) is 4. The first kappa shape index (κ1) is 21.6. The molecule has 0 radical (unpaired) electrons. The van der Waals surface area contributed by atoms with Gasteiger partial charge in [0, 0.05) is 46.7 Å². The Morgan fingerprint density at radius 2 is 1.84 bits per heavy atom. The summed E-state index contributed by atoms with van der Waals surface area (Å²) >= 11 is 6.19. The molecule has 164 valence electrons. The molecule has 0 amide bonds. The van der Waals surface area contributed by atoms with Crippen LogP contribution in [0.15, 0.2) is 47.5 Å². The first-order chi connectivity index (χ1) is 14.7. The van der Waals surface area contributed by atoms with Crippen molar-refractivity contribution in [3.05, 3.63) is 63.9 Å². The minimum atomic E-state index is -3.05. The van der Waals surface area contributed by atoms with E-state index in [1.165, 1.54) is 6.26 Å². The molecular formula is C22H25ClN4O3S. The Kier molecular flexibility index (Phi) is 5.70. The molecule has 0 saturated heterocycles. The molecule has 0 atom stereocenters. The number of pyridine rings is 1. The summed E-state index contributed by atoms with van der Waals surface area (Å²) in [4.78, 5) is 17.5. The van der Waals surface area contributed by atoms with Gasteiger partial charge in [-0.1, -0.05) is 11.6 Å². The molecule has 3 heterocycles. The molecule has 4 aromatic rings. The van der Waals surface area contributed by atoms with Gasteiger partial charge >= 0.3 is 5.69 Å². The van der Waals surface area contributed by atoms with Crippen molar-refractivity contribution in [1.29, 1.82) is 0 Å². The van der Waals surface area contributed by atoms with Gasteiger partial charge in [0.05, 0.1) is 29.5 Å². The number of aryl methyl sites for hydroxylation is 1. The highest BCUT2D eigenvalue weighted by atomic mass is 35.5. The number of aromatic nitrogens is 4. The molecule has 1 aromatic carbocycles. The fraction of sp³-hybridized carbons (Fsp3) is 0.364. The molecule has 0 saturated carbocycles. The Bertz CT molecular complexity index is 1430. The topological polar surface area (TPSA) is 78.9 Å². The van der Waals surface area contributed by atoms with Crippen molar-refractivity contribution in [2.45, 2.75) is 39.4 Å². The van der Waals surface area contributed by atoms with Gasteiger partial charge in [0.25, 0.3) is 0 Å². The smallest absolute Gasteiger partial charge is 0.329 e. The van der Waals surface area contributed by atoms with E-state index in [-0.39, 0.29) is 17.5 Å². The number of hydrogen-bond donors (Lipinski definition) is 0. The van der Waals surface area contributed by atoms with Gasteiger partial charge in [0.15, 0.2) is 0 Å². The predicted octanol–water partition coefficient (Wildman–Crippen LogP) is 3.87. The second-order valence-corrected chi connectivity index (χ2v) is 10.9. The van der Waals surface area contributed by atoms with Crippen molar-refractivity contribution >= 4 is 43.4 Å². The lowest BCUT2D eigenvalue weighted by Crippen LogP contribution is -2.26. The third-order valence-corrected chi connectivity index (χ3v) is 6.71. The molecule has 0 spiro atoms. The van der Waals surface area contributed by atoms with Crippen molar-refractivity contribution in [3.63, 3.8) is 0 Å². The van der Waals surface area contributed by atoms with E-state index >= 15 is 0 Å². The monoisotopic (exact) mass is 460 g/mol. The standard InChI is InChI=1S/C22H25ClN4O3S/c1-15(2)27-20-7-8-24-13-21(20)26(22(27)28)14-18-12-16-11-17(23)5-6-19(16)25(18)9-4-10-31(3,29)30/h5-8,11-13,15H,4,9-10,14H2,1-3H3. The lowest BCUT2D eigenvalue weighted by atomic mass is 10.2. The fourth-order valence-electron chi connectivity index (χ4n) is 4.12. The number of sulfone groups is 1. The lowest BCUT2D eigenvalue weighted by Gasteiger charge is -2.12. The van der Waals surface area contributed by atoms with E-state index < -0.39 is 9.84 Å². The van der Waals surface area contributed by atoms with E-state index in [4.69, 9.17) is 11.6 Å². The Hall–Kier alpha value is -2.58. The first-order valence-corrected chi connectivity index (χ1v) is 12.6. The minimum Gasteiger partial charge on any atom is -0.343 e. The zero-order chi connectivity index (χ0) is 22.3. The molecule has 9 heteroatoms. The van der Waals surface area contributed by atoms with Gasteiger partial charge in [0.1, 0.15) is 9.84 Å². The van der Waals surface area contributed by atoms with Crippen molar-refractivity contribution in [3.8, 4) is 0 Å². The van der Waals surface area contributed by atoms with E-state index in [2.05, 4.69) is 9.55 Å². The van der Waals surface area contributed by atoms with E-state index in [0.29, 0.717) is 24.5 Å². The molecule has 0 bridgehead atoms. The fourth-order valence-corrected chi connectivity index (χ4v) is 4.95. The van der Waals surface area contributed by atoms with Gasteiger partial charge in [-0.3, -0.25) is 14.1 Å². The van der Waals surface area contributed by atoms with Crippen LogP contribution < -0.4 is 5.69 Å². The van der Waals surface area contributed by atoms with E-state index in [1.807, 2.05) is 44.2 Å². The number of fused-ring (bicyclic) bond motifs is 2. The Morgan fingerprint density at radius 3 is 2.55 bits per heavy atom. The molecular weight excluding hydrogens is 436 g/mol. The third kappa shape index (κ3) is 4.27. The van der Waals surface area contributed by atoms with Crippen molar-refractivity contribution in [2.24, 2.45) is 0 Å². The van der Waals surface area contributed by atoms with Gasteiger partial charge < -0.3 is 4.57 Å². The maximum Gasteiger partial charge on any atom is 0.329 e. The summed E-state index contributed by atoms with van der Waals surface area (Å²) in [7, 11) is -3.05. The van der Waals surface area contributed by atoms with Crippen molar-refractivity contribution in [1.82, 2.24) is 18.7 Å². The maximum atomic E-state index is 13.2. The molecule has 0 fully saturated rings. The van der Waals surface area contributed by atoms with Gasteiger partial charge in [0.2, 0.25) is 0 Å². The van der Waals surface area contributed by atoms with Crippen LogP contribution in [0.25, 0.3) is 21.9 Å². The number of imidazole rings is 1. The minimum absolute atomic E-state index is 0.0121. The third-order valence-electron chi connectivity index (χ3n) is 5.45. The van der Waals surface area contributed by atoms with Gasteiger partial charge in [-0.15, -0.1) is 0 Å². The molecule has 0 aliphatic carbocycles. The average Bonchev–Trinajstić information content (AvgIpc) is 3.16. The maximum absolute atomic E-state index is 13.2. The summed E-state index contributed by atoms with van der Waals surface area (Å²) in [6.07, 6.45) is 5.13. The van der Waals surface area contributed by atoms with E-state index in [9.17, 15) is 13.2 Å².